The third-order valence-electron chi connectivity index (χ3n) is 4.12. The predicted molar refractivity (Wildman–Crippen MR) is 86.4 cm³/mol. The van der Waals surface area contributed by atoms with E-state index in [0.29, 0.717) is 35.5 Å². The number of amides is 1. The number of piperazine rings is 1. The zero-order valence-corrected chi connectivity index (χ0v) is 14.0. The molecule has 2 aromatic rings. The average molecular weight is 335 g/mol. The molecule has 1 saturated heterocycles. The smallest absolute Gasteiger partial charge is 0.253 e. The van der Waals surface area contributed by atoms with Crippen LogP contribution < -0.4 is 0 Å². The largest absolute Gasteiger partial charge is 0.424 e. The number of benzene rings is 1. The van der Waals surface area contributed by atoms with E-state index in [1.54, 1.807) is 31.2 Å². The number of nitrogens with zero attached hydrogens (tertiary/aromatic N) is 4. The normalized spacial score (nSPS) is 17.3. The summed E-state index contributed by atoms with van der Waals surface area (Å²) in [5.41, 5.74) is 0.631. The topological polar surface area (TPSA) is 62.5 Å². The van der Waals surface area contributed by atoms with Gasteiger partial charge in [0.05, 0.1) is 6.04 Å². The second-order valence-corrected chi connectivity index (χ2v) is 6.11. The van der Waals surface area contributed by atoms with E-state index >= 15 is 0 Å². The van der Waals surface area contributed by atoms with E-state index in [-0.39, 0.29) is 11.9 Å². The first-order valence-corrected chi connectivity index (χ1v) is 8.01. The molecule has 1 atom stereocenters. The molecule has 2 heterocycles. The molecule has 1 aromatic heterocycles. The van der Waals surface area contributed by atoms with Crippen LogP contribution in [-0.2, 0) is 0 Å². The van der Waals surface area contributed by atoms with Crippen molar-refractivity contribution < 1.29 is 9.21 Å². The molecule has 0 N–H and O–H groups in total. The van der Waals surface area contributed by atoms with E-state index < -0.39 is 0 Å². The number of carbonyl (C=O) groups excluding carboxylic acids is 1. The van der Waals surface area contributed by atoms with E-state index in [2.05, 4.69) is 15.1 Å². The molecule has 0 bridgehead atoms. The second-order valence-electron chi connectivity index (χ2n) is 5.67. The number of halogens is 1. The summed E-state index contributed by atoms with van der Waals surface area (Å²) in [6, 6.07) is 7.13. The summed E-state index contributed by atoms with van der Waals surface area (Å²) in [6.45, 7) is 6.71. The number of rotatable bonds is 3. The lowest BCUT2D eigenvalue weighted by Crippen LogP contribution is -2.49. The van der Waals surface area contributed by atoms with Crippen molar-refractivity contribution in [2.75, 3.05) is 26.2 Å². The van der Waals surface area contributed by atoms with Crippen LogP contribution in [0.15, 0.2) is 28.7 Å². The Morgan fingerprint density at radius 1 is 1.26 bits per heavy atom. The Bertz CT molecular complexity index is 695. The Morgan fingerprint density at radius 2 is 2.00 bits per heavy atom. The number of hydrogen-bond donors (Lipinski definition) is 0. The molecule has 6 nitrogen and oxygen atoms in total. The molecule has 23 heavy (non-hydrogen) atoms. The minimum absolute atomic E-state index is 0.0217. The molecule has 1 aromatic carbocycles. The SMILES string of the molecule is Cc1nnc([C@H](C)N2CCN(C(=O)c3cccc(Cl)c3)CC2)o1. The summed E-state index contributed by atoms with van der Waals surface area (Å²) in [5.74, 6) is 1.21. The monoisotopic (exact) mass is 334 g/mol. The number of aryl methyl sites for hydroxylation is 1. The molecular formula is C16H19ClN4O2. The van der Waals surface area contributed by atoms with Crippen molar-refractivity contribution in [1.29, 1.82) is 0 Å². The molecule has 122 valence electrons. The lowest BCUT2D eigenvalue weighted by Gasteiger charge is -2.36. The third kappa shape index (κ3) is 3.54. The van der Waals surface area contributed by atoms with Crippen LogP contribution in [0.4, 0.5) is 0 Å². The average Bonchev–Trinajstić information content (AvgIpc) is 3.00. The predicted octanol–water partition coefficient (Wildman–Crippen LogP) is 2.55. The van der Waals surface area contributed by atoms with Crippen molar-refractivity contribution in [2.45, 2.75) is 19.9 Å². The van der Waals surface area contributed by atoms with Gasteiger partial charge >= 0.3 is 0 Å². The number of carbonyl (C=O) groups is 1. The van der Waals surface area contributed by atoms with Crippen molar-refractivity contribution in [1.82, 2.24) is 20.0 Å². The summed E-state index contributed by atoms with van der Waals surface area (Å²) >= 11 is 5.96. The van der Waals surface area contributed by atoms with Crippen LogP contribution in [0.1, 0.15) is 35.1 Å². The molecule has 0 aliphatic carbocycles. The minimum Gasteiger partial charge on any atom is -0.424 e. The van der Waals surface area contributed by atoms with E-state index in [4.69, 9.17) is 16.0 Å². The molecule has 0 saturated carbocycles. The summed E-state index contributed by atoms with van der Waals surface area (Å²) in [5, 5.41) is 8.53. The van der Waals surface area contributed by atoms with Crippen LogP contribution in [0, 0.1) is 6.92 Å². The maximum Gasteiger partial charge on any atom is 0.253 e. The number of aromatic nitrogens is 2. The Kier molecular flexibility index (Phi) is 4.63. The second kappa shape index (κ2) is 6.68. The highest BCUT2D eigenvalue weighted by Crippen LogP contribution is 2.21. The van der Waals surface area contributed by atoms with Gasteiger partial charge in [0.15, 0.2) is 0 Å². The van der Waals surface area contributed by atoms with Gasteiger partial charge in [0.25, 0.3) is 5.91 Å². The standard InChI is InChI=1S/C16H19ClN4O2/c1-11(15-19-18-12(2)23-15)20-6-8-21(9-7-20)16(22)13-4-3-5-14(17)10-13/h3-5,10-11H,6-9H2,1-2H3/t11-/m0/s1. The van der Waals surface area contributed by atoms with Crippen LogP contribution >= 0.6 is 11.6 Å². The molecule has 1 aliphatic heterocycles. The highest BCUT2D eigenvalue weighted by molar-refractivity contribution is 6.30. The van der Waals surface area contributed by atoms with Crippen LogP contribution in [0.2, 0.25) is 5.02 Å². The van der Waals surface area contributed by atoms with Crippen molar-refractivity contribution >= 4 is 17.5 Å². The van der Waals surface area contributed by atoms with Gasteiger partial charge in [-0.2, -0.15) is 0 Å². The van der Waals surface area contributed by atoms with Crippen LogP contribution in [0.3, 0.4) is 0 Å². The maximum atomic E-state index is 12.5. The molecule has 3 rings (SSSR count). The molecule has 0 radical (unpaired) electrons. The lowest BCUT2D eigenvalue weighted by atomic mass is 10.1. The molecule has 1 fully saturated rings. The first-order chi connectivity index (χ1) is 11.0. The highest BCUT2D eigenvalue weighted by atomic mass is 35.5. The third-order valence-corrected chi connectivity index (χ3v) is 4.35. The minimum atomic E-state index is 0.0217. The first kappa shape index (κ1) is 16.0. The molecule has 0 spiro atoms. The number of hydrogen-bond acceptors (Lipinski definition) is 5. The summed E-state index contributed by atoms with van der Waals surface area (Å²) in [4.78, 5) is 16.6. The fourth-order valence-electron chi connectivity index (χ4n) is 2.75. The van der Waals surface area contributed by atoms with Crippen molar-refractivity contribution in [3.63, 3.8) is 0 Å². The Labute approximate surface area is 140 Å². The van der Waals surface area contributed by atoms with Gasteiger partial charge in [-0.25, -0.2) is 0 Å². The quantitative estimate of drug-likeness (QED) is 0.863. The lowest BCUT2D eigenvalue weighted by molar-refractivity contribution is 0.0557. The van der Waals surface area contributed by atoms with Gasteiger partial charge in [-0.05, 0) is 25.1 Å². The van der Waals surface area contributed by atoms with Crippen molar-refractivity contribution in [3.05, 3.63) is 46.6 Å². The fourth-order valence-corrected chi connectivity index (χ4v) is 2.94. The Hall–Kier alpha value is -1.92. The van der Waals surface area contributed by atoms with Gasteiger partial charge in [-0.15, -0.1) is 10.2 Å². The van der Waals surface area contributed by atoms with E-state index in [9.17, 15) is 4.79 Å². The first-order valence-electron chi connectivity index (χ1n) is 7.63. The Balaban J connectivity index is 1.61. The van der Waals surface area contributed by atoms with Crippen LogP contribution in [-0.4, -0.2) is 52.1 Å². The summed E-state index contributed by atoms with van der Waals surface area (Å²) in [6.07, 6.45) is 0. The maximum absolute atomic E-state index is 12.5. The van der Waals surface area contributed by atoms with Gasteiger partial charge < -0.3 is 9.32 Å². The molecular weight excluding hydrogens is 316 g/mol. The van der Waals surface area contributed by atoms with Gasteiger partial charge in [-0.3, -0.25) is 9.69 Å². The van der Waals surface area contributed by atoms with Gasteiger partial charge in [0.1, 0.15) is 0 Å². The molecule has 7 heteroatoms. The van der Waals surface area contributed by atoms with E-state index in [1.165, 1.54) is 0 Å². The van der Waals surface area contributed by atoms with Crippen LogP contribution in [0.25, 0.3) is 0 Å². The van der Waals surface area contributed by atoms with E-state index in [0.717, 1.165) is 13.1 Å². The van der Waals surface area contributed by atoms with Gasteiger partial charge in [0, 0.05) is 43.7 Å². The van der Waals surface area contributed by atoms with Crippen LogP contribution in [0.5, 0.6) is 0 Å². The highest BCUT2D eigenvalue weighted by Gasteiger charge is 2.27. The van der Waals surface area contributed by atoms with E-state index in [1.807, 2.05) is 11.8 Å². The molecule has 1 aliphatic rings. The molecule has 1 amide bonds. The van der Waals surface area contributed by atoms with Crippen molar-refractivity contribution in [2.24, 2.45) is 0 Å². The van der Waals surface area contributed by atoms with Gasteiger partial charge in [-0.1, -0.05) is 17.7 Å². The Morgan fingerprint density at radius 3 is 2.61 bits per heavy atom. The molecule has 0 unspecified atom stereocenters. The zero-order chi connectivity index (χ0) is 16.4. The van der Waals surface area contributed by atoms with Crippen molar-refractivity contribution in [3.8, 4) is 0 Å². The van der Waals surface area contributed by atoms with Gasteiger partial charge in [0.2, 0.25) is 11.8 Å². The zero-order valence-electron chi connectivity index (χ0n) is 13.2. The summed E-state index contributed by atoms with van der Waals surface area (Å²) < 4.78 is 5.50. The summed E-state index contributed by atoms with van der Waals surface area (Å²) in [7, 11) is 0. The fraction of sp³-hybridized carbons (Fsp3) is 0.438.